The Kier molecular flexibility index (Phi) is 7.48. The smallest absolute Gasteiger partial charge is 0.243 e. The Balaban J connectivity index is 1.15. The topological polar surface area (TPSA) is 86.4 Å². The summed E-state index contributed by atoms with van der Waals surface area (Å²) in [6, 6.07) is 10.8. The Morgan fingerprint density at radius 3 is 2.38 bits per heavy atom. The Labute approximate surface area is 239 Å². The molecule has 0 radical (unpaired) electrons. The summed E-state index contributed by atoms with van der Waals surface area (Å²) in [5.41, 5.74) is 4.69. The number of amides is 1. The predicted octanol–water partition coefficient (Wildman–Crippen LogP) is 5.51. The molecule has 1 aliphatic carbocycles. The number of aromatic amines is 1. The molecule has 6 rings (SSSR count). The number of sulfonamides is 1. The molecule has 2 atom stereocenters. The molecule has 206 valence electrons. The van der Waals surface area contributed by atoms with E-state index in [-0.39, 0.29) is 17.9 Å². The van der Waals surface area contributed by atoms with Crippen LogP contribution in [0.4, 0.5) is 0 Å². The summed E-state index contributed by atoms with van der Waals surface area (Å²) in [5, 5.41) is 1.04. The van der Waals surface area contributed by atoms with Crippen LogP contribution >= 0.6 is 23.2 Å². The van der Waals surface area contributed by atoms with Gasteiger partial charge in [0, 0.05) is 53.8 Å². The van der Waals surface area contributed by atoms with Crippen LogP contribution in [0.3, 0.4) is 0 Å². The second kappa shape index (κ2) is 10.9. The molecule has 3 aromatic rings. The normalized spacial score (nSPS) is 22.3. The number of nitrogens with one attached hydrogen (secondary N) is 1. The Bertz CT molecular complexity index is 1460. The highest BCUT2D eigenvalue weighted by molar-refractivity contribution is 7.89. The van der Waals surface area contributed by atoms with Crippen LogP contribution in [0.5, 0.6) is 0 Å². The average Bonchev–Trinajstić information content (AvgIpc) is 3.57. The third-order valence-corrected chi connectivity index (χ3v) is 11.1. The minimum Gasteiger partial charge on any atom is -0.348 e. The van der Waals surface area contributed by atoms with E-state index in [1.165, 1.54) is 0 Å². The second-order valence-corrected chi connectivity index (χ2v) is 13.6. The van der Waals surface area contributed by atoms with Crippen molar-refractivity contribution in [3.8, 4) is 11.1 Å². The summed E-state index contributed by atoms with van der Waals surface area (Å²) in [4.78, 5) is 23.3. The number of hydrogen-bond donors (Lipinski definition) is 1. The van der Waals surface area contributed by atoms with Crippen LogP contribution in [0.2, 0.25) is 10.0 Å². The highest BCUT2D eigenvalue weighted by Crippen LogP contribution is 2.37. The van der Waals surface area contributed by atoms with Gasteiger partial charge in [-0.3, -0.25) is 4.79 Å². The molecular weight excluding hydrogens is 555 g/mol. The molecule has 0 spiro atoms. The fourth-order valence-electron chi connectivity index (χ4n) is 6.25. The van der Waals surface area contributed by atoms with Crippen LogP contribution in [-0.4, -0.2) is 59.2 Å². The molecule has 39 heavy (non-hydrogen) atoms. The van der Waals surface area contributed by atoms with Gasteiger partial charge in [-0.2, -0.15) is 4.31 Å². The van der Waals surface area contributed by atoms with E-state index in [1.54, 1.807) is 34.9 Å². The monoisotopic (exact) mass is 586 g/mol. The van der Waals surface area contributed by atoms with Crippen LogP contribution in [0.1, 0.15) is 49.1 Å². The lowest BCUT2D eigenvalue weighted by Crippen LogP contribution is -2.41. The molecule has 0 bridgehead atoms. The van der Waals surface area contributed by atoms with E-state index in [4.69, 9.17) is 23.2 Å². The lowest BCUT2D eigenvalue weighted by Gasteiger charge is -2.31. The number of nitrogens with zero attached hydrogens (tertiary/aromatic N) is 3. The Morgan fingerprint density at radius 1 is 0.949 bits per heavy atom. The molecule has 1 unspecified atom stereocenters. The summed E-state index contributed by atoms with van der Waals surface area (Å²) in [7, 11) is -3.49. The van der Waals surface area contributed by atoms with Crippen molar-refractivity contribution in [1.29, 1.82) is 0 Å². The first-order valence-corrected chi connectivity index (χ1v) is 15.9. The van der Waals surface area contributed by atoms with Gasteiger partial charge in [-0.05, 0) is 79.5 Å². The highest BCUT2D eigenvalue weighted by Gasteiger charge is 2.38. The summed E-state index contributed by atoms with van der Waals surface area (Å²) in [5.74, 6) is 0.0259. The quantitative estimate of drug-likeness (QED) is 0.413. The minimum absolute atomic E-state index is 0.145. The maximum absolute atomic E-state index is 13.4. The maximum atomic E-state index is 13.4. The molecule has 2 saturated heterocycles. The number of aromatic nitrogens is 2. The number of H-pyrrole nitrogens is 1. The number of carbonyl (C=O) groups excluding carboxylic acids is 1. The van der Waals surface area contributed by atoms with Crippen LogP contribution in [0.25, 0.3) is 11.1 Å². The standard InChI is InChI=1S/C29H32Cl2N4O3S/c30-25-15-21(19-4-7-23(8-5-19)39(37,38)34-11-2-1-3-12-34)16-26(31)24(25)14-20-10-13-35(29(20)36)22-6-9-27-28(17-22)33-18-32-27/h4-5,7-8,15-16,18,20,22H,1-3,6,9-14,17H2,(H,32,33)/t20-,22?/m0/s1. The van der Waals surface area contributed by atoms with Gasteiger partial charge in [0.1, 0.15) is 0 Å². The van der Waals surface area contributed by atoms with Crippen LogP contribution in [0.15, 0.2) is 47.6 Å². The van der Waals surface area contributed by atoms with Crippen LogP contribution in [0, 0.1) is 5.92 Å². The number of halogens is 2. The zero-order valence-corrected chi connectivity index (χ0v) is 24.0. The molecule has 10 heteroatoms. The molecule has 2 fully saturated rings. The largest absolute Gasteiger partial charge is 0.348 e. The van der Waals surface area contributed by atoms with Gasteiger partial charge in [-0.25, -0.2) is 13.4 Å². The fourth-order valence-corrected chi connectivity index (χ4v) is 8.41. The van der Waals surface area contributed by atoms with E-state index in [0.29, 0.717) is 34.5 Å². The highest BCUT2D eigenvalue weighted by atomic mass is 35.5. The lowest BCUT2D eigenvalue weighted by molar-refractivity contribution is -0.133. The number of carbonyl (C=O) groups is 1. The van der Waals surface area contributed by atoms with Gasteiger partial charge in [0.05, 0.1) is 16.9 Å². The van der Waals surface area contributed by atoms with Crippen molar-refractivity contribution in [2.45, 2.75) is 62.3 Å². The molecule has 3 heterocycles. The third-order valence-electron chi connectivity index (χ3n) is 8.49. The first-order valence-electron chi connectivity index (χ1n) is 13.7. The number of benzene rings is 2. The van der Waals surface area contributed by atoms with E-state index in [9.17, 15) is 13.2 Å². The lowest BCUT2D eigenvalue weighted by atomic mass is 9.94. The van der Waals surface area contributed by atoms with Crippen molar-refractivity contribution in [1.82, 2.24) is 19.2 Å². The molecule has 2 aliphatic heterocycles. The van der Waals surface area contributed by atoms with Crippen molar-refractivity contribution in [2.24, 2.45) is 5.92 Å². The average molecular weight is 588 g/mol. The Hall–Kier alpha value is -2.39. The molecule has 3 aliphatic rings. The fraction of sp³-hybridized carbons (Fsp3) is 0.448. The number of hydrogen-bond acceptors (Lipinski definition) is 4. The number of rotatable bonds is 6. The SMILES string of the molecule is O=C1[C@H](Cc2c(Cl)cc(-c3ccc(S(=O)(=O)N4CCCCC4)cc3)cc2Cl)CCN1C1CCc2nc[nH]c2C1. The van der Waals surface area contributed by atoms with Gasteiger partial charge in [-0.1, -0.05) is 41.8 Å². The molecule has 2 aromatic carbocycles. The molecule has 1 amide bonds. The van der Waals surface area contributed by atoms with Crippen molar-refractivity contribution in [2.75, 3.05) is 19.6 Å². The van der Waals surface area contributed by atoms with Gasteiger partial charge < -0.3 is 9.88 Å². The van der Waals surface area contributed by atoms with E-state index < -0.39 is 10.0 Å². The first kappa shape index (κ1) is 26.8. The summed E-state index contributed by atoms with van der Waals surface area (Å²) in [6.07, 6.45) is 8.55. The van der Waals surface area contributed by atoms with Gasteiger partial charge in [0.15, 0.2) is 0 Å². The van der Waals surface area contributed by atoms with Crippen molar-refractivity contribution in [3.63, 3.8) is 0 Å². The van der Waals surface area contributed by atoms with Gasteiger partial charge in [-0.15, -0.1) is 0 Å². The van der Waals surface area contributed by atoms with E-state index in [0.717, 1.165) is 79.6 Å². The second-order valence-electron chi connectivity index (χ2n) is 10.9. The number of piperidine rings is 1. The molecule has 7 nitrogen and oxygen atoms in total. The number of likely N-dealkylation sites (tertiary alicyclic amines) is 1. The van der Waals surface area contributed by atoms with Crippen molar-refractivity contribution in [3.05, 3.63) is 69.7 Å². The van der Waals surface area contributed by atoms with Crippen molar-refractivity contribution >= 4 is 39.1 Å². The maximum Gasteiger partial charge on any atom is 0.243 e. The number of imidazole rings is 1. The van der Waals surface area contributed by atoms with Gasteiger partial charge in [0.25, 0.3) is 0 Å². The molecular formula is C29H32Cl2N4O3S. The summed E-state index contributed by atoms with van der Waals surface area (Å²) >= 11 is 13.4. The Morgan fingerprint density at radius 2 is 1.67 bits per heavy atom. The predicted molar refractivity (Wildman–Crippen MR) is 152 cm³/mol. The van der Waals surface area contributed by atoms with E-state index >= 15 is 0 Å². The summed E-state index contributed by atoms with van der Waals surface area (Å²) < 4.78 is 27.6. The number of fused-ring (bicyclic) bond motifs is 1. The third kappa shape index (κ3) is 5.24. The molecule has 1 aromatic heterocycles. The number of aryl methyl sites for hydroxylation is 1. The van der Waals surface area contributed by atoms with Crippen molar-refractivity contribution < 1.29 is 13.2 Å². The molecule has 1 N–H and O–H groups in total. The van der Waals surface area contributed by atoms with Gasteiger partial charge >= 0.3 is 0 Å². The minimum atomic E-state index is -3.49. The molecule has 0 saturated carbocycles. The summed E-state index contributed by atoms with van der Waals surface area (Å²) in [6.45, 7) is 1.89. The van der Waals surface area contributed by atoms with Crippen LogP contribution < -0.4 is 0 Å². The van der Waals surface area contributed by atoms with Gasteiger partial charge in [0.2, 0.25) is 15.9 Å². The first-order chi connectivity index (χ1) is 18.8. The zero-order chi connectivity index (χ0) is 27.1. The van der Waals surface area contributed by atoms with E-state index in [1.807, 2.05) is 17.0 Å². The van der Waals surface area contributed by atoms with E-state index in [2.05, 4.69) is 9.97 Å². The van der Waals surface area contributed by atoms with Crippen LogP contribution in [-0.2, 0) is 34.1 Å². The zero-order valence-electron chi connectivity index (χ0n) is 21.7.